The Kier molecular flexibility index (Phi) is 6.08. The van der Waals surface area contributed by atoms with Crippen LogP contribution in [0.4, 0.5) is 5.69 Å². The second kappa shape index (κ2) is 8.30. The first-order chi connectivity index (χ1) is 12.4. The van der Waals surface area contributed by atoms with Gasteiger partial charge >= 0.3 is 0 Å². The summed E-state index contributed by atoms with van der Waals surface area (Å²) in [7, 11) is -3.66. The lowest BCUT2D eigenvalue weighted by molar-refractivity contribution is -0.114. The molecule has 1 aromatic heterocycles. The number of nitrogens with zero attached hydrogens (tertiary/aromatic N) is 1. The molecule has 1 amide bonds. The number of carbonyl (C=O) groups is 1. The van der Waals surface area contributed by atoms with Gasteiger partial charge in [-0.25, -0.2) is 8.42 Å². The largest absolute Gasteiger partial charge is 0.377 e. The van der Waals surface area contributed by atoms with Gasteiger partial charge in [-0.2, -0.15) is 4.31 Å². The molecule has 1 saturated heterocycles. The van der Waals surface area contributed by atoms with E-state index in [1.54, 1.807) is 12.1 Å². The predicted molar refractivity (Wildman–Crippen MR) is 102 cm³/mol. The number of nitrogens with one attached hydrogen (secondary N) is 1. The van der Waals surface area contributed by atoms with Crippen molar-refractivity contribution in [2.24, 2.45) is 0 Å². The normalized spacial score (nSPS) is 17.5. The van der Waals surface area contributed by atoms with Crippen molar-refractivity contribution >= 4 is 33.0 Å². The lowest BCUT2D eigenvalue weighted by Gasteiger charge is -2.24. The van der Waals surface area contributed by atoms with Crippen molar-refractivity contribution in [1.29, 1.82) is 0 Å². The van der Waals surface area contributed by atoms with Crippen LogP contribution in [0.1, 0.15) is 24.6 Å². The second-order valence-electron chi connectivity index (χ2n) is 6.22. The lowest BCUT2D eigenvalue weighted by atomic mass is 10.2. The summed E-state index contributed by atoms with van der Waals surface area (Å²) >= 11 is 1.54. The Bertz CT molecular complexity index is 827. The fourth-order valence-electron chi connectivity index (χ4n) is 2.90. The summed E-state index contributed by atoms with van der Waals surface area (Å²) in [4.78, 5) is 12.3. The molecule has 6 nitrogen and oxygen atoms in total. The number of amides is 1. The summed E-state index contributed by atoms with van der Waals surface area (Å²) < 4.78 is 33.5. The first kappa shape index (κ1) is 19.0. The third-order valence-electron chi connectivity index (χ3n) is 4.16. The zero-order valence-corrected chi connectivity index (χ0v) is 16.2. The van der Waals surface area contributed by atoms with Crippen LogP contribution in [0.3, 0.4) is 0 Å². The fourth-order valence-corrected chi connectivity index (χ4v) is 5.15. The maximum atomic E-state index is 13.2. The summed E-state index contributed by atoms with van der Waals surface area (Å²) in [5.74, 6) is -0.196. The van der Waals surface area contributed by atoms with E-state index in [0.717, 1.165) is 17.7 Å². The SMILES string of the molecule is CC(=O)Nc1ccc(S(=O)(=O)N(Cc2cccs2)CC2CCCO2)cc1. The number of sulfonamides is 1. The average Bonchev–Trinajstić information content (AvgIpc) is 3.28. The van der Waals surface area contributed by atoms with Crippen molar-refractivity contribution in [2.75, 3.05) is 18.5 Å². The molecule has 2 heterocycles. The zero-order valence-electron chi connectivity index (χ0n) is 14.6. The molecule has 1 N–H and O–H groups in total. The zero-order chi connectivity index (χ0) is 18.6. The molecule has 0 bridgehead atoms. The standard InChI is InChI=1S/C18H22N2O4S2/c1-14(21)19-15-6-8-18(9-7-15)26(22,23)20(12-16-4-2-10-24-16)13-17-5-3-11-25-17/h3,5-9,11,16H,2,4,10,12-13H2,1H3,(H,19,21). The van der Waals surface area contributed by atoms with Crippen molar-refractivity contribution < 1.29 is 17.9 Å². The summed E-state index contributed by atoms with van der Waals surface area (Å²) in [6, 6.07) is 10.1. The molecule has 8 heteroatoms. The van der Waals surface area contributed by atoms with Gasteiger partial charge in [-0.1, -0.05) is 6.07 Å². The maximum Gasteiger partial charge on any atom is 0.243 e. The monoisotopic (exact) mass is 394 g/mol. The van der Waals surface area contributed by atoms with Crippen LogP contribution in [0.2, 0.25) is 0 Å². The average molecular weight is 395 g/mol. The van der Waals surface area contributed by atoms with E-state index in [4.69, 9.17) is 4.74 Å². The van der Waals surface area contributed by atoms with Gasteiger partial charge in [0.25, 0.3) is 0 Å². The molecular formula is C18H22N2O4S2. The minimum absolute atomic E-state index is 0.0663. The topological polar surface area (TPSA) is 75.7 Å². The third-order valence-corrected chi connectivity index (χ3v) is 6.84. The number of hydrogen-bond donors (Lipinski definition) is 1. The van der Waals surface area contributed by atoms with Gasteiger partial charge in [0.15, 0.2) is 0 Å². The molecule has 1 fully saturated rings. The molecule has 1 atom stereocenters. The highest BCUT2D eigenvalue weighted by atomic mass is 32.2. The van der Waals surface area contributed by atoms with Crippen molar-refractivity contribution in [3.05, 3.63) is 46.7 Å². The van der Waals surface area contributed by atoms with Crippen LogP contribution >= 0.6 is 11.3 Å². The summed E-state index contributed by atoms with van der Waals surface area (Å²) in [5, 5.41) is 4.58. The van der Waals surface area contributed by atoms with Crippen molar-refractivity contribution in [3.63, 3.8) is 0 Å². The minimum atomic E-state index is -3.66. The van der Waals surface area contributed by atoms with Gasteiger partial charge in [0, 0.05) is 37.2 Å². The predicted octanol–water partition coefficient (Wildman–Crippen LogP) is 3.08. The molecule has 26 heavy (non-hydrogen) atoms. The van der Waals surface area contributed by atoms with Crippen LogP contribution in [0.15, 0.2) is 46.7 Å². The molecule has 2 aromatic rings. The second-order valence-corrected chi connectivity index (χ2v) is 9.19. The Morgan fingerprint density at radius 3 is 2.65 bits per heavy atom. The van der Waals surface area contributed by atoms with Gasteiger partial charge < -0.3 is 10.1 Å². The highest BCUT2D eigenvalue weighted by Gasteiger charge is 2.29. The van der Waals surface area contributed by atoms with Gasteiger partial charge in [0.1, 0.15) is 0 Å². The van der Waals surface area contributed by atoms with E-state index >= 15 is 0 Å². The summed E-state index contributed by atoms with van der Waals surface area (Å²) in [6.45, 7) is 2.76. The van der Waals surface area contributed by atoms with Crippen LogP contribution < -0.4 is 5.32 Å². The molecular weight excluding hydrogens is 372 g/mol. The molecule has 1 aliphatic rings. The van der Waals surface area contributed by atoms with Gasteiger partial charge in [-0.15, -0.1) is 11.3 Å². The fraction of sp³-hybridized carbons (Fsp3) is 0.389. The molecule has 0 aliphatic carbocycles. The number of ether oxygens (including phenoxy) is 1. The van der Waals surface area contributed by atoms with Crippen LogP contribution in [-0.2, 0) is 26.1 Å². The van der Waals surface area contributed by atoms with Gasteiger partial charge in [-0.3, -0.25) is 4.79 Å². The summed E-state index contributed by atoms with van der Waals surface area (Å²) in [5.41, 5.74) is 0.570. The molecule has 0 saturated carbocycles. The van der Waals surface area contributed by atoms with Gasteiger partial charge in [-0.05, 0) is 48.6 Å². The number of benzene rings is 1. The lowest BCUT2D eigenvalue weighted by Crippen LogP contribution is -2.36. The van der Waals surface area contributed by atoms with Gasteiger partial charge in [0.2, 0.25) is 15.9 Å². The quantitative estimate of drug-likeness (QED) is 0.783. The number of anilines is 1. The van der Waals surface area contributed by atoms with Crippen LogP contribution in [0, 0.1) is 0 Å². The Hall–Kier alpha value is -1.74. The number of hydrogen-bond acceptors (Lipinski definition) is 5. The highest BCUT2D eigenvalue weighted by Crippen LogP contribution is 2.24. The van der Waals surface area contributed by atoms with Crippen molar-refractivity contribution in [2.45, 2.75) is 37.3 Å². The van der Waals surface area contributed by atoms with E-state index in [2.05, 4.69) is 5.32 Å². The molecule has 140 valence electrons. The van der Waals surface area contributed by atoms with Crippen LogP contribution in [-0.4, -0.2) is 37.9 Å². The molecule has 0 spiro atoms. The van der Waals surface area contributed by atoms with E-state index in [1.807, 2.05) is 17.5 Å². The molecule has 0 radical (unpaired) electrons. The van der Waals surface area contributed by atoms with Crippen LogP contribution in [0.25, 0.3) is 0 Å². The molecule has 1 aromatic carbocycles. The van der Waals surface area contributed by atoms with Crippen molar-refractivity contribution in [1.82, 2.24) is 4.31 Å². The minimum Gasteiger partial charge on any atom is -0.377 e. The van der Waals surface area contributed by atoms with E-state index < -0.39 is 10.0 Å². The van der Waals surface area contributed by atoms with E-state index in [1.165, 1.54) is 34.7 Å². The van der Waals surface area contributed by atoms with Crippen LogP contribution in [0.5, 0.6) is 0 Å². The third kappa shape index (κ3) is 4.70. The first-order valence-corrected chi connectivity index (χ1v) is 10.8. The Morgan fingerprint density at radius 2 is 2.08 bits per heavy atom. The van der Waals surface area contributed by atoms with Gasteiger partial charge in [0.05, 0.1) is 11.0 Å². The smallest absolute Gasteiger partial charge is 0.243 e. The first-order valence-electron chi connectivity index (χ1n) is 8.47. The molecule has 1 aliphatic heterocycles. The van der Waals surface area contributed by atoms with E-state index in [9.17, 15) is 13.2 Å². The number of rotatable bonds is 7. The maximum absolute atomic E-state index is 13.2. The Labute approximate surface area is 157 Å². The molecule has 1 unspecified atom stereocenters. The van der Waals surface area contributed by atoms with E-state index in [0.29, 0.717) is 25.4 Å². The number of thiophene rings is 1. The summed E-state index contributed by atoms with van der Waals surface area (Å²) in [6.07, 6.45) is 1.77. The Morgan fingerprint density at radius 1 is 1.31 bits per heavy atom. The van der Waals surface area contributed by atoms with Crippen molar-refractivity contribution in [3.8, 4) is 0 Å². The van der Waals surface area contributed by atoms with E-state index in [-0.39, 0.29) is 16.9 Å². The molecule has 3 rings (SSSR count). The Balaban J connectivity index is 1.83. The number of carbonyl (C=O) groups excluding carboxylic acids is 1. The highest BCUT2D eigenvalue weighted by molar-refractivity contribution is 7.89.